The van der Waals surface area contributed by atoms with E-state index in [1.807, 2.05) is 58.6 Å². The molecule has 106 valence electrons. The molecule has 0 aliphatic rings. The Hall–Kier alpha value is -2.17. The SMILES string of the molecule is O=C(c1cccn1Cc1ccccc1)C(O)c1cccs1. The van der Waals surface area contributed by atoms with Crippen LogP contribution in [0.5, 0.6) is 0 Å². The van der Waals surface area contributed by atoms with E-state index in [1.165, 1.54) is 11.3 Å². The lowest BCUT2D eigenvalue weighted by Gasteiger charge is -2.11. The van der Waals surface area contributed by atoms with Gasteiger partial charge >= 0.3 is 0 Å². The molecule has 1 unspecified atom stereocenters. The van der Waals surface area contributed by atoms with Crippen molar-refractivity contribution in [1.29, 1.82) is 0 Å². The van der Waals surface area contributed by atoms with Gasteiger partial charge in [0, 0.05) is 17.6 Å². The number of carbonyl (C=O) groups is 1. The van der Waals surface area contributed by atoms with Crippen LogP contribution in [-0.4, -0.2) is 15.5 Å². The number of hydrogen-bond donors (Lipinski definition) is 1. The van der Waals surface area contributed by atoms with Gasteiger partial charge in [-0.3, -0.25) is 4.79 Å². The fourth-order valence-electron chi connectivity index (χ4n) is 2.27. The highest BCUT2D eigenvalue weighted by atomic mass is 32.1. The van der Waals surface area contributed by atoms with E-state index in [9.17, 15) is 9.90 Å². The molecule has 1 N–H and O–H groups in total. The van der Waals surface area contributed by atoms with Crippen molar-refractivity contribution in [2.75, 3.05) is 0 Å². The van der Waals surface area contributed by atoms with E-state index < -0.39 is 6.10 Å². The number of aliphatic hydroxyl groups is 1. The molecule has 0 radical (unpaired) electrons. The standard InChI is InChI=1S/C17H15NO2S/c19-16(17(20)15-9-5-11-21-15)14-8-4-10-18(14)12-13-6-2-1-3-7-13/h1-11,17,20H,12H2. The van der Waals surface area contributed by atoms with E-state index in [4.69, 9.17) is 0 Å². The van der Waals surface area contributed by atoms with Crippen LogP contribution in [0.25, 0.3) is 0 Å². The van der Waals surface area contributed by atoms with E-state index in [0.29, 0.717) is 17.1 Å². The summed E-state index contributed by atoms with van der Waals surface area (Å²) in [6.07, 6.45) is 0.774. The number of thiophene rings is 1. The molecule has 2 heterocycles. The number of rotatable bonds is 5. The molecule has 1 aromatic carbocycles. The Morgan fingerprint density at radius 2 is 1.90 bits per heavy atom. The van der Waals surface area contributed by atoms with Crippen molar-refractivity contribution in [3.8, 4) is 0 Å². The maximum absolute atomic E-state index is 12.5. The fourth-order valence-corrected chi connectivity index (χ4v) is 2.98. The Morgan fingerprint density at radius 3 is 2.62 bits per heavy atom. The molecule has 1 atom stereocenters. The first kappa shape index (κ1) is 13.8. The Balaban J connectivity index is 1.83. The summed E-state index contributed by atoms with van der Waals surface area (Å²) >= 11 is 1.39. The van der Waals surface area contributed by atoms with Crippen molar-refractivity contribution in [2.24, 2.45) is 0 Å². The molecular formula is C17H15NO2S. The summed E-state index contributed by atoms with van der Waals surface area (Å²) in [6.45, 7) is 0.617. The summed E-state index contributed by atoms with van der Waals surface area (Å²) < 4.78 is 1.87. The maximum Gasteiger partial charge on any atom is 0.212 e. The molecule has 0 bridgehead atoms. The molecule has 0 amide bonds. The highest BCUT2D eigenvalue weighted by Crippen LogP contribution is 2.23. The third-order valence-electron chi connectivity index (χ3n) is 3.34. The summed E-state index contributed by atoms with van der Waals surface area (Å²) in [7, 11) is 0. The second-order valence-electron chi connectivity index (χ2n) is 4.79. The minimum atomic E-state index is -1.09. The molecule has 0 saturated heterocycles. The van der Waals surface area contributed by atoms with Gasteiger partial charge in [0.15, 0.2) is 6.10 Å². The lowest BCUT2D eigenvalue weighted by Crippen LogP contribution is -2.16. The van der Waals surface area contributed by atoms with Crippen LogP contribution in [0.1, 0.15) is 27.0 Å². The number of aromatic nitrogens is 1. The Morgan fingerprint density at radius 1 is 1.10 bits per heavy atom. The van der Waals surface area contributed by atoms with Gasteiger partial charge in [0.2, 0.25) is 5.78 Å². The summed E-state index contributed by atoms with van der Waals surface area (Å²) in [6, 6.07) is 17.1. The highest BCUT2D eigenvalue weighted by Gasteiger charge is 2.22. The molecule has 3 aromatic rings. The first-order valence-corrected chi connectivity index (χ1v) is 7.58. The van der Waals surface area contributed by atoms with Gasteiger partial charge in [-0.15, -0.1) is 11.3 Å². The minimum absolute atomic E-state index is 0.265. The molecular weight excluding hydrogens is 282 g/mol. The van der Waals surface area contributed by atoms with Crippen LogP contribution in [0.2, 0.25) is 0 Å². The number of Topliss-reactive ketones (excluding diaryl/α,β-unsaturated/α-hetero) is 1. The first-order valence-electron chi connectivity index (χ1n) is 6.70. The van der Waals surface area contributed by atoms with Gasteiger partial charge in [-0.1, -0.05) is 36.4 Å². The van der Waals surface area contributed by atoms with Crippen molar-refractivity contribution >= 4 is 17.1 Å². The maximum atomic E-state index is 12.5. The quantitative estimate of drug-likeness (QED) is 0.732. The summed E-state index contributed by atoms with van der Waals surface area (Å²) in [5.41, 5.74) is 1.65. The molecule has 3 nitrogen and oxygen atoms in total. The van der Waals surface area contributed by atoms with E-state index in [1.54, 1.807) is 12.1 Å². The molecule has 0 fully saturated rings. The molecule has 2 aromatic heterocycles. The number of hydrogen-bond acceptors (Lipinski definition) is 3. The molecule has 21 heavy (non-hydrogen) atoms. The lowest BCUT2D eigenvalue weighted by molar-refractivity contribution is 0.0744. The number of carbonyl (C=O) groups excluding carboxylic acids is 1. The van der Waals surface area contributed by atoms with Crippen molar-refractivity contribution in [2.45, 2.75) is 12.6 Å². The molecule has 0 saturated carbocycles. The molecule has 3 rings (SSSR count). The zero-order valence-electron chi connectivity index (χ0n) is 11.3. The van der Waals surface area contributed by atoms with Crippen LogP contribution in [0, 0.1) is 0 Å². The monoisotopic (exact) mass is 297 g/mol. The zero-order valence-corrected chi connectivity index (χ0v) is 12.2. The van der Waals surface area contributed by atoms with Crippen molar-refractivity contribution in [1.82, 2.24) is 4.57 Å². The summed E-state index contributed by atoms with van der Waals surface area (Å²) in [5, 5.41) is 12.0. The van der Waals surface area contributed by atoms with Crippen LogP contribution >= 0.6 is 11.3 Å². The fraction of sp³-hybridized carbons (Fsp3) is 0.118. The molecule has 0 aliphatic carbocycles. The Kier molecular flexibility index (Phi) is 3.99. The average molecular weight is 297 g/mol. The third kappa shape index (κ3) is 2.96. The van der Waals surface area contributed by atoms with E-state index in [-0.39, 0.29) is 5.78 Å². The van der Waals surface area contributed by atoms with Crippen molar-refractivity contribution in [3.05, 3.63) is 82.3 Å². The normalized spacial score (nSPS) is 12.2. The Labute approximate surface area is 127 Å². The smallest absolute Gasteiger partial charge is 0.212 e. The van der Waals surface area contributed by atoms with E-state index >= 15 is 0 Å². The second kappa shape index (κ2) is 6.08. The van der Waals surface area contributed by atoms with Crippen molar-refractivity contribution in [3.63, 3.8) is 0 Å². The van der Waals surface area contributed by atoms with Crippen LogP contribution < -0.4 is 0 Å². The third-order valence-corrected chi connectivity index (χ3v) is 4.26. The van der Waals surface area contributed by atoms with Crippen LogP contribution in [-0.2, 0) is 6.54 Å². The van der Waals surface area contributed by atoms with E-state index in [0.717, 1.165) is 5.56 Å². The second-order valence-corrected chi connectivity index (χ2v) is 5.77. The summed E-state index contributed by atoms with van der Waals surface area (Å²) in [5.74, 6) is -0.265. The van der Waals surface area contributed by atoms with Gasteiger partial charge < -0.3 is 9.67 Å². The van der Waals surface area contributed by atoms with Gasteiger partial charge in [-0.05, 0) is 29.1 Å². The minimum Gasteiger partial charge on any atom is -0.379 e. The van der Waals surface area contributed by atoms with Gasteiger partial charge in [-0.2, -0.15) is 0 Å². The van der Waals surface area contributed by atoms with Crippen LogP contribution in [0.15, 0.2) is 66.2 Å². The van der Waals surface area contributed by atoms with E-state index in [2.05, 4.69) is 0 Å². The number of aliphatic hydroxyl groups excluding tert-OH is 1. The predicted molar refractivity (Wildman–Crippen MR) is 83.6 cm³/mol. The highest BCUT2D eigenvalue weighted by molar-refractivity contribution is 7.10. The van der Waals surface area contributed by atoms with Gasteiger partial charge in [-0.25, -0.2) is 0 Å². The lowest BCUT2D eigenvalue weighted by atomic mass is 10.1. The Bertz CT molecular complexity index is 716. The number of ketones is 1. The summed E-state index contributed by atoms with van der Waals surface area (Å²) in [4.78, 5) is 13.1. The topological polar surface area (TPSA) is 42.2 Å². The van der Waals surface area contributed by atoms with Gasteiger partial charge in [0.1, 0.15) is 0 Å². The molecule has 4 heteroatoms. The number of benzene rings is 1. The average Bonchev–Trinajstić information content (AvgIpc) is 3.18. The predicted octanol–water partition coefficient (Wildman–Crippen LogP) is 3.51. The van der Waals surface area contributed by atoms with Crippen LogP contribution in [0.4, 0.5) is 0 Å². The van der Waals surface area contributed by atoms with Crippen molar-refractivity contribution < 1.29 is 9.90 Å². The molecule has 0 aliphatic heterocycles. The largest absolute Gasteiger partial charge is 0.379 e. The number of nitrogens with zero attached hydrogens (tertiary/aromatic N) is 1. The first-order chi connectivity index (χ1) is 10.3. The molecule has 0 spiro atoms. The van der Waals surface area contributed by atoms with Gasteiger partial charge in [0.05, 0.1) is 5.69 Å². The van der Waals surface area contributed by atoms with Crippen LogP contribution in [0.3, 0.4) is 0 Å². The zero-order chi connectivity index (χ0) is 14.7. The van der Waals surface area contributed by atoms with Gasteiger partial charge in [0.25, 0.3) is 0 Å².